The number of anilines is 1. The first-order chi connectivity index (χ1) is 11.0. The largest absolute Gasteiger partial charge is 0.421 e. The third kappa shape index (κ3) is 3.26. The fourth-order valence-corrected chi connectivity index (χ4v) is 2.23. The molecule has 1 aliphatic rings. The molecule has 0 aromatic heterocycles. The quantitative estimate of drug-likeness (QED) is 0.882. The van der Waals surface area contributed by atoms with Crippen molar-refractivity contribution in [3.05, 3.63) is 54.1 Å². The number of nitrogens with one attached hydrogen (secondary N) is 1. The second-order valence-electron chi connectivity index (χ2n) is 5.16. The average molecular weight is 313 g/mol. The summed E-state index contributed by atoms with van der Waals surface area (Å²) in [5.41, 5.74) is 0.997. The molecule has 0 saturated heterocycles. The molecule has 2 aromatic rings. The van der Waals surface area contributed by atoms with Crippen molar-refractivity contribution in [1.29, 1.82) is 0 Å². The molecule has 0 aliphatic carbocycles. The molecule has 0 bridgehead atoms. The molecule has 2 aromatic carbocycles. The number of hydrogen-bond acceptors (Lipinski definition) is 5. The van der Waals surface area contributed by atoms with Crippen LogP contribution < -0.4 is 14.8 Å². The van der Waals surface area contributed by atoms with E-state index in [4.69, 9.17) is 14.2 Å². The van der Waals surface area contributed by atoms with Crippen molar-refractivity contribution in [2.24, 2.45) is 0 Å². The van der Waals surface area contributed by atoms with E-state index in [1.165, 1.54) is 13.8 Å². The minimum atomic E-state index is -1.55. The van der Waals surface area contributed by atoms with Crippen molar-refractivity contribution >= 4 is 17.6 Å². The zero-order chi connectivity index (χ0) is 16.4. The topological polar surface area (TPSA) is 73.9 Å². The number of esters is 1. The fourth-order valence-electron chi connectivity index (χ4n) is 2.23. The number of hydrogen-bond donors (Lipinski definition) is 1. The molecule has 1 heterocycles. The first-order valence-electron chi connectivity index (χ1n) is 7.03. The molecule has 1 aliphatic heterocycles. The Hall–Kier alpha value is -3.02. The van der Waals surface area contributed by atoms with Crippen LogP contribution in [-0.4, -0.2) is 17.8 Å². The van der Waals surface area contributed by atoms with Crippen LogP contribution in [0.15, 0.2) is 48.5 Å². The highest BCUT2D eigenvalue weighted by molar-refractivity contribution is 5.93. The van der Waals surface area contributed by atoms with Gasteiger partial charge in [0.15, 0.2) is 0 Å². The van der Waals surface area contributed by atoms with Gasteiger partial charge in [0.2, 0.25) is 5.91 Å². The van der Waals surface area contributed by atoms with Gasteiger partial charge in [0, 0.05) is 12.6 Å². The van der Waals surface area contributed by atoms with Gasteiger partial charge in [0.1, 0.15) is 17.1 Å². The molecule has 0 radical (unpaired) electrons. The van der Waals surface area contributed by atoms with Gasteiger partial charge in [0.05, 0.1) is 6.92 Å². The summed E-state index contributed by atoms with van der Waals surface area (Å²) in [6.07, 6.45) is 0. The van der Waals surface area contributed by atoms with Gasteiger partial charge in [-0.05, 0) is 36.4 Å². The predicted molar refractivity (Wildman–Crippen MR) is 82.3 cm³/mol. The Morgan fingerprint density at radius 1 is 1.09 bits per heavy atom. The highest BCUT2D eigenvalue weighted by Gasteiger charge is 2.40. The van der Waals surface area contributed by atoms with E-state index in [0.29, 0.717) is 22.7 Å². The van der Waals surface area contributed by atoms with Crippen LogP contribution in [0.1, 0.15) is 24.2 Å². The van der Waals surface area contributed by atoms with Crippen LogP contribution in [0, 0.1) is 0 Å². The first-order valence-corrected chi connectivity index (χ1v) is 7.03. The van der Waals surface area contributed by atoms with Gasteiger partial charge in [-0.15, -0.1) is 0 Å². The van der Waals surface area contributed by atoms with Gasteiger partial charge >= 0.3 is 11.9 Å². The molecule has 6 nitrogen and oxygen atoms in total. The van der Waals surface area contributed by atoms with E-state index in [9.17, 15) is 9.59 Å². The first kappa shape index (κ1) is 14.9. The van der Waals surface area contributed by atoms with E-state index in [1.807, 2.05) is 0 Å². The molecular weight excluding hydrogens is 298 g/mol. The lowest BCUT2D eigenvalue weighted by Crippen LogP contribution is -2.46. The summed E-state index contributed by atoms with van der Waals surface area (Å²) in [6.45, 7) is 2.95. The highest BCUT2D eigenvalue weighted by Crippen LogP contribution is 2.33. The zero-order valence-corrected chi connectivity index (χ0v) is 12.7. The third-order valence-electron chi connectivity index (χ3n) is 3.16. The van der Waals surface area contributed by atoms with Crippen LogP contribution in [-0.2, 0) is 9.53 Å². The third-order valence-corrected chi connectivity index (χ3v) is 3.16. The predicted octanol–water partition coefficient (Wildman–Crippen LogP) is 2.95. The van der Waals surface area contributed by atoms with Crippen molar-refractivity contribution in [3.8, 4) is 11.5 Å². The normalized spacial score (nSPS) is 19.1. The molecule has 1 atom stereocenters. The summed E-state index contributed by atoms with van der Waals surface area (Å²) < 4.78 is 16.6. The Balaban J connectivity index is 1.77. The van der Waals surface area contributed by atoms with Crippen molar-refractivity contribution in [3.63, 3.8) is 0 Å². The number of carbonyl (C=O) groups is 2. The van der Waals surface area contributed by atoms with Crippen LogP contribution in [0.2, 0.25) is 0 Å². The number of benzene rings is 2. The molecule has 23 heavy (non-hydrogen) atoms. The van der Waals surface area contributed by atoms with Crippen molar-refractivity contribution < 1.29 is 23.8 Å². The van der Waals surface area contributed by atoms with Gasteiger partial charge in [-0.2, -0.15) is 0 Å². The molecule has 1 N–H and O–H groups in total. The maximum atomic E-state index is 12.0. The minimum absolute atomic E-state index is 0.160. The molecule has 118 valence electrons. The lowest BCUT2D eigenvalue weighted by Gasteiger charge is -2.33. The van der Waals surface area contributed by atoms with Gasteiger partial charge in [-0.3, -0.25) is 4.79 Å². The van der Waals surface area contributed by atoms with E-state index < -0.39 is 11.9 Å². The summed E-state index contributed by atoms with van der Waals surface area (Å²) >= 11 is 0. The number of para-hydroxylation sites is 1. The summed E-state index contributed by atoms with van der Waals surface area (Å²) in [5, 5.41) is 2.65. The van der Waals surface area contributed by atoms with Crippen molar-refractivity contribution in [2.45, 2.75) is 19.8 Å². The van der Waals surface area contributed by atoms with E-state index in [-0.39, 0.29) is 5.91 Å². The maximum absolute atomic E-state index is 12.0. The number of cyclic esters (lactones) is 1. The van der Waals surface area contributed by atoms with Crippen molar-refractivity contribution in [1.82, 2.24) is 0 Å². The highest BCUT2D eigenvalue weighted by atomic mass is 16.9. The molecule has 1 unspecified atom stereocenters. The molecule has 1 amide bonds. The van der Waals surface area contributed by atoms with Crippen molar-refractivity contribution in [2.75, 3.05) is 5.32 Å². The molecule has 0 fully saturated rings. The smallest absolute Gasteiger partial charge is 0.416 e. The number of fused-ring (bicyclic) bond motifs is 1. The standard InChI is InChI=1S/C17H15NO5/c1-11(19)18-12-7-9-13(10-8-12)21-17(2)22-15-6-4-3-5-14(15)16(20)23-17/h3-10H,1-2H3,(H,18,19). The minimum Gasteiger partial charge on any atom is -0.421 e. The van der Waals surface area contributed by atoms with Crippen LogP contribution in [0.4, 0.5) is 5.69 Å². The van der Waals surface area contributed by atoms with E-state index in [1.54, 1.807) is 48.5 Å². The Morgan fingerprint density at radius 3 is 2.48 bits per heavy atom. The Kier molecular flexibility index (Phi) is 3.65. The molecule has 0 saturated carbocycles. The number of carbonyl (C=O) groups excluding carboxylic acids is 2. The lowest BCUT2D eigenvalue weighted by atomic mass is 10.2. The summed E-state index contributed by atoms with van der Waals surface area (Å²) in [6, 6.07) is 13.4. The fraction of sp³-hybridized carbons (Fsp3) is 0.176. The second-order valence-corrected chi connectivity index (χ2v) is 5.16. The van der Waals surface area contributed by atoms with E-state index in [2.05, 4.69) is 5.32 Å². The van der Waals surface area contributed by atoms with Crippen LogP contribution in [0.3, 0.4) is 0 Å². The second kappa shape index (κ2) is 5.64. The van der Waals surface area contributed by atoms with Crippen LogP contribution in [0.5, 0.6) is 11.5 Å². The Morgan fingerprint density at radius 2 is 1.78 bits per heavy atom. The number of amides is 1. The van der Waals surface area contributed by atoms with Crippen LogP contribution in [0.25, 0.3) is 0 Å². The lowest BCUT2D eigenvalue weighted by molar-refractivity contribution is -0.263. The Bertz CT molecular complexity index is 756. The summed E-state index contributed by atoms with van der Waals surface area (Å²) in [5.74, 6) is -1.38. The summed E-state index contributed by atoms with van der Waals surface area (Å²) in [4.78, 5) is 23.0. The SMILES string of the molecule is CC(=O)Nc1ccc(OC2(C)OC(=O)c3ccccc3O2)cc1. The van der Waals surface area contributed by atoms with Gasteiger partial charge in [-0.25, -0.2) is 4.79 Å². The number of ether oxygens (including phenoxy) is 3. The molecule has 3 rings (SSSR count). The monoisotopic (exact) mass is 313 g/mol. The van der Waals surface area contributed by atoms with E-state index in [0.717, 1.165) is 0 Å². The zero-order valence-electron chi connectivity index (χ0n) is 12.7. The molecule has 0 spiro atoms. The van der Waals surface area contributed by atoms with Gasteiger partial charge in [0.25, 0.3) is 0 Å². The van der Waals surface area contributed by atoms with Gasteiger partial charge < -0.3 is 19.5 Å². The van der Waals surface area contributed by atoms with Gasteiger partial charge in [-0.1, -0.05) is 12.1 Å². The van der Waals surface area contributed by atoms with E-state index >= 15 is 0 Å². The summed E-state index contributed by atoms with van der Waals surface area (Å²) in [7, 11) is 0. The van der Waals surface area contributed by atoms with Crippen LogP contribution >= 0.6 is 0 Å². The average Bonchev–Trinajstić information content (AvgIpc) is 2.48. The maximum Gasteiger partial charge on any atom is 0.416 e. The molecular formula is C17H15NO5. The molecule has 6 heteroatoms. The number of rotatable bonds is 3. The Labute approximate surface area is 133 Å².